The Morgan fingerprint density at radius 2 is 1.88 bits per heavy atom. The van der Waals surface area contributed by atoms with Crippen LogP contribution in [0.1, 0.15) is 40.5 Å². The van der Waals surface area contributed by atoms with Crippen molar-refractivity contribution >= 4 is 29.0 Å². The molecule has 1 amide bonds. The zero-order chi connectivity index (χ0) is 24.3. The first-order chi connectivity index (χ1) is 16.3. The first kappa shape index (κ1) is 23.6. The number of piperazine rings is 1. The number of hydrogen-bond donors (Lipinski definition) is 1. The van der Waals surface area contributed by atoms with Crippen molar-refractivity contribution in [3.63, 3.8) is 0 Å². The van der Waals surface area contributed by atoms with Crippen molar-refractivity contribution in [2.45, 2.75) is 46.1 Å². The summed E-state index contributed by atoms with van der Waals surface area (Å²) in [5, 5.41) is 0.824. The lowest BCUT2D eigenvalue weighted by Gasteiger charge is -2.35. The van der Waals surface area contributed by atoms with E-state index in [0.717, 1.165) is 29.6 Å². The van der Waals surface area contributed by atoms with Crippen LogP contribution in [0.15, 0.2) is 30.9 Å². The maximum atomic E-state index is 12.8. The van der Waals surface area contributed by atoms with Crippen LogP contribution in [-0.4, -0.2) is 75.0 Å². The average molecular weight is 469 g/mol. The number of amides is 1. The summed E-state index contributed by atoms with van der Waals surface area (Å²) < 4.78 is 12.4. The minimum absolute atomic E-state index is 0.265. The minimum atomic E-state index is -0.607. The molecule has 182 valence electrons. The van der Waals surface area contributed by atoms with Gasteiger partial charge in [-0.05, 0) is 39.3 Å². The van der Waals surface area contributed by atoms with E-state index in [9.17, 15) is 9.59 Å². The molecule has 34 heavy (non-hydrogen) atoms. The molecular weight excluding hydrogens is 436 g/mol. The number of fused-ring (bicyclic) bond motifs is 1. The Bertz CT molecular complexity index is 1150. The molecule has 0 spiro atoms. The Morgan fingerprint density at radius 3 is 2.59 bits per heavy atom. The number of unbranched alkanes of at least 4 members (excludes halogenated alkanes) is 1. The zero-order valence-electron chi connectivity index (χ0n) is 20.2. The summed E-state index contributed by atoms with van der Waals surface area (Å²) in [6, 6.07) is 3.68. The Morgan fingerprint density at radius 1 is 1.12 bits per heavy atom. The number of rotatable bonds is 5. The molecular formula is C24H32N6O4. The van der Waals surface area contributed by atoms with Gasteiger partial charge in [0.15, 0.2) is 0 Å². The number of anilines is 1. The van der Waals surface area contributed by atoms with Gasteiger partial charge in [-0.15, -0.1) is 0 Å². The summed E-state index contributed by atoms with van der Waals surface area (Å²) in [7, 11) is 0. The number of hydrogen-bond acceptors (Lipinski definition) is 7. The molecule has 10 nitrogen and oxygen atoms in total. The second-order valence-corrected chi connectivity index (χ2v) is 9.31. The molecule has 4 rings (SSSR count). The molecule has 0 unspecified atom stereocenters. The van der Waals surface area contributed by atoms with Crippen LogP contribution in [0.2, 0.25) is 0 Å². The molecule has 0 aliphatic carbocycles. The second kappa shape index (κ2) is 9.74. The normalized spacial score (nSPS) is 14.5. The molecule has 1 aliphatic rings. The SMILES string of the molecule is CCCCOC(=O)N1CCN(c2ncnc3[nH]cc(-c4cccn4C(=O)OC(C)(C)C)c23)CC1. The van der Waals surface area contributed by atoms with Gasteiger partial charge in [0.05, 0.1) is 17.7 Å². The van der Waals surface area contributed by atoms with Gasteiger partial charge >= 0.3 is 12.2 Å². The highest BCUT2D eigenvalue weighted by atomic mass is 16.6. The third kappa shape index (κ3) is 5.00. The largest absolute Gasteiger partial charge is 0.449 e. The van der Waals surface area contributed by atoms with E-state index in [1.165, 1.54) is 10.9 Å². The first-order valence-electron chi connectivity index (χ1n) is 11.7. The van der Waals surface area contributed by atoms with Gasteiger partial charge in [0, 0.05) is 44.1 Å². The molecule has 1 aliphatic heterocycles. The summed E-state index contributed by atoms with van der Waals surface area (Å²) in [4.78, 5) is 41.1. The lowest BCUT2D eigenvalue weighted by molar-refractivity contribution is 0.0540. The average Bonchev–Trinajstić information content (AvgIpc) is 3.45. The van der Waals surface area contributed by atoms with Gasteiger partial charge in [0.1, 0.15) is 23.4 Å². The minimum Gasteiger partial charge on any atom is -0.449 e. The van der Waals surface area contributed by atoms with Gasteiger partial charge < -0.3 is 24.3 Å². The van der Waals surface area contributed by atoms with Crippen molar-refractivity contribution in [3.8, 4) is 11.3 Å². The van der Waals surface area contributed by atoms with Crippen LogP contribution in [0, 0.1) is 0 Å². The predicted molar refractivity (Wildman–Crippen MR) is 129 cm³/mol. The Labute approximate surface area is 198 Å². The predicted octanol–water partition coefficient (Wildman–Crippen LogP) is 4.27. The molecule has 0 bridgehead atoms. The van der Waals surface area contributed by atoms with Crippen LogP contribution in [0.4, 0.5) is 15.4 Å². The van der Waals surface area contributed by atoms with Crippen LogP contribution < -0.4 is 4.90 Å². The number of ether oxygens (including phenoxy) is 2. The summed E-state index contributed by atoms with van der Waals surface area (Å²) >= 11 is 0. The van der Waals surface area contributed by atoms with Crippen molar-refractivity contribution in [2.75, 3.05) is 37.7 Å². The van der Waals surface area contributed by atoms with E-state index in [1.807, 2.05) is 39.1 Å². The molecule has 0 atom stereocenters. The van der Waals surface area contributed by atoms with E-state index < -0.39 is 11.7 Å². The van der Waals surface area contributed by atoms with Crippen LogP contribution >= 0.6 is 0 Å². The zero-order valence-corrected chi connectivity index (χ0v) is 20.2. The number of nitrogens with one attached hydrogen (secondary N) is 1. The van der Waals surface area contributed by atoms with Crippen LogP contribution in [-0.2, 0) is 9.47 Å². The Hall–Kier alpha value is -3.56. The van der Waals surface area contributed by atoms with Gasteiger partial charge in [-0.2, -0.15) is 0 Å². The van der Waals surface area contributed by atoms with E-state index in [2.05, 4.69) is 26.8 Å². The highest BCUT2D eigenvalue weighted by molar-refractivity contribution is 6.01. The molecule has 0 aromatic carbocycles. The quantitative estimate of drug-likeness (QED) is 0.558. The molecule has 3 aromatic rings. The monoisotopic (exact) mass is 468 g/mol. The fourth-order valence-corrected chi connectivity index (χ4v) is 3.95. The van der Waals surface area contributed by atoms with E-state index in [4.69, 9.17) is 9.47 Å². The number of H-pyrrole nitrogens is 1. The van der Waals surface area contributed by atoms with Gasteiger partial charge in [-0.25, -0.2) is 19.6 Å². The van der Waals surface area contributed by atoms with Crippen LogP contribution in [0.25, 0.3) is 22.3 Å². The van der Waals surface area contributed by atoms with Crippen LogP contribution in [0.3, 0.4) is 0 Å². The fraction of sp³-hybridized carbons (Fsp3) is 0.500. The van der Waals surface area contributed by atoms with Gasteiger partial charge in [-0.3, -0.25) is 4.57 Å². The summed E-state index contributed by atoms with van der Waals surface area (Å²) in [5.41, 5.74) is 1.57. The molecule has 1 saturated heterocycles. The van der Waals surface area contributed by atoms with Crippen molar-refractivity contribution in [3.05, 3.63) is 30.9 Å². The molecule has 10 heteroatoms. The first-order valence-corrected chi connectivity index (χ1v) is 11.7. The Balaban J connectivity index is 1.58. The van der Waals surface area contributed by atoms with Crippen LogP contribution in [0.5, 0.6) is 0 Å². The van der Waals surface area contributed by atoms with E-state index in [0.29, 0.717) is 44.1 Å². The van der Waals surface area contributed by atoms with E-state index in [-0.39, 0.29) is 6.09 Å². The number of nitrogens with zero attached hydrogens (tertiary/aromatic N) is 5. The molecule has 3 aromatic heterocycles. The molecule has 0 saturated carbocycles. The number of aromatic amines is 1. The number of carbonyl (C=O) groups excluding carboxylic acids is 2. The molecule has 1 fully saturated rings. The maximum absolute atomic E-state index is 12.8. The van der Waals surface area contributed by atoms with E-state index >= 15 is 0 Å². The third-order valence-corrected chi connectivity index (χ3v) is 5.63. The Kier molecular flexibility index (Phi) is 6.76. The number of aromatic nitrogens is 4. The van der Waals surface area contributed by atoms with Crippen molar-refractivity contribution in [2.24, 2.45) is 0 Å². The maximum Gasteiger partial charge on any atom is 0.418 e. The third-order valence-electron chi connectivity index (χ3n) is 5.63. The second-order valence-electron chi connectivity index (χ2n) is 9.31. The highest BCUT2D eigenvalue weighted by Gasteiger charge is 2.27. The summed E-state index contributed by atoms with van der Waals surface area (Å²) in [5.74, 6) is 0.761. The van der Waals surface area contributed by atoms with Crippen molar-refractivity contribution < 1.29 is 19.1 Å². The standard InChI is InChI=1S/C24H32N6O4/c1-5-6-14-33-22(31)29-12-10-28(11-13-29)21-19-17(15-25-20(19)26-16-27-21)18-8-7-9-30(18)23(32)34-24(2,3)4/h7-9,15-16H,5-6,10-14H2,1-4H3,(H,25,26,27). The number of carbonyl (C=O) groups is 2. The lowest BCUT2D eigenvalue weighted by atomic mass is 10.1. The van der Waals surface area contributed by atoms with Gasteiger partial charge in [0.25, 0.3) is 0 Å². The summed E-state index contributed by atoms with van der Waals surface area (Å²) in [6.07, 6.45) is 6.19. The van der Waals surface area contributed by atoms with Crippen molar-refractivity contribution in [1.29, 1.82) is 0 Å². The highest BCUT2D eigenvalue weighted by Crippen LogP contribution is 2.34. The van der Waals surface area contributed by atoms with Crippen molar-refractivity contribution in [1.82, 2.24) is 24.4 Å². The summed E-state index contributed by atoms with van der Waals surface area (Å²) in [6.45, 7) is 10.4. The van der Waals surface area contributed by atoms with E-state index in [1.54, 1.807) is 11.1 Å². The molecule has 4 heterocycles. The molecule has 0 radical (unpaired) electrons. The topological polar surface area (TPSA) is 106 Å². The fourth-order valence-electron chi connectivity index (χ4n) is 3.95. The van der Waals surface area contributed by atoms with Gasteiger partial charge in [-0.1, -0.05) is 13.3 Å². The lowest BCUT2D eigenvalue weighted by Crippen LogP contribution is -2.49. The van der Waals surface area contributed by atoms with Gasteiger partial charge in [0.2, 0.25) is 0 Å². The smallest absolute Gasteiger partial charge is 0.418 e. The molecule has 1 N–H and O–H groups in total.